The molecule has 15 heavy (non-hydrogen) atoms. The van der Waals surface area contributed by atoms with E-state index in [4.69, 9.17) is 4.74 Å². The Labute approximate surface area is 90.9 Å². The number of piperidine rings is 1. The zero-order chi connectivity index (χ0) is 10.7. The van der Waals surface area contributed by atoms with Gasteiger partial charge in [0.05, 0.1) is 12.8 Å². The molecular formula is C12H18N2O. The van der Waals surface area contributed by atoms with Crippen LogP contribution in [0.3, 0.4) is 0 Å². The number of aromatic nitrogens is 1. The lowest BCUT2D eigenvalue weighted by molar-refractivity contribution is 0.354. The molecule has 82 valence electrons. The molecule has 0 amide bonds. The highest BCUT2D eigenvalue weighted by molar-refractivity contribution is 5.30. The normalized spacial score (nSPS) is 26.3. The summed E-state index contributed by atoms with van der Waals surface area (Å²) in [4.78, 5) is 4.45. The van der Waals surface area contributed by atoms with Gasteiger partial charge in [-0.25, -0.2) is 0 Å². The third-order valence-electron chi connectivity index (χ3n) is 3.03. The monoisotopic (exact) mass is 206 g/mol. The Balaban J connectivity index is 2.20. The van der Waals surface area contributed by atoms with Crippen molar-refractivity contribution in [3.05, 3.63) is 24.0 Å². The maximum Gasteiger partial charge on any atom is 0.140 e. The smallest absolute Gasteiger partial charge is 0.140 e. The molecular weight excluding hydrogens is 188 g/mol. The van der Waals surface area contributed by atoms with E-state index in [1.807, 2.05) is 18.3 Å². The number of hydrogen-bond donors (Lipinski definition) is 1. The van der Waals surface area contributed by atoms with Crippen LogP contribution in [0.15, 0.2) is 18.3 Å². The molecule has 2 heterocycles. The van der Waals surface area contributed by atoms with Crippen molar-refractivity contribution in [1.82, 2.24) is 10.3 Å². The second-order valence-corrected chi connectivity index (χ2v) is 4.17. The van der Waals surface area contributed by atoms with E-state index in [9.17, 15) is 0 Å². The Bertz CT molecular complexity index is 327. The summed E-state index contributed by atoms with van der Waals surface area (Å²) in [6, 6.07) is 4.50. The van der Waals surface area contributed by atoms with Crippen molar-refractivity contribution in [2.75, 3.05) is 13.7 Å². The Morgan fingerprint density at radius 1 is 1.53 bits per heavy atom. The van der Waals surface area contributed by atoms with Crippen LogP contribution in [0, 0.1) is 0 Å². The van der Waals surface area contributed by atoms with E-state index >= 15 is 0 Å². The minimum absolute atomic E-state index is 0.539. The summed E-state index contributed by atoms with van der Waals surface area (Å²) in [5.41, 5.74) is 1.12. The Morgan fingerprint density at radius 3 is 3.13 bits per heavy atom. The number of methoxy groups -OCH3 is 1. The molecule has 1 aliphatic heterocycles. The van der Waals surface area contributed by atoms with E-state index in [0.717, 1.165) is 30.8 Å². The fourth-order valence-electron chi connectivity index (χ4n) is 2.26. The second-order valence-electron chi connectivity index (χ2n) is 4.17. The predicted molar refractivity (Wildman–Crippen MR) is 60.2 cm³/mol. The average molecular weight is 206 g/mol. The number of nitrogens with zero attached hydrogens (tertiary/aromatic N) is 1. The van der Waals surface area contributed by atoms with Crippen LogP contribution in [0.4, 0.5) is 0 Å². The van der Waals surface area contributed by atoms with Crippen LogP contribution >= 0.6 is 0 Å². The first kappa shape index (κ1) is 10.4. The maximum absolute atomic E-state index is 5.35. The molecule has 0 aromatic carbocycles. The summed E-state index contributed by atoms with van der Waals surface area (Å²) in [5, 5.41) is 3.45. The highest BCUT2D eigenvalue weighted by Gasteiger charge is 2.23. The first-order chi connectivity index (χ1) is 7.31. The van der Waals surface area contributed by atoms with Gasteiger partial charge in [0, 0.05) is 18.2 Å². The molecule has 1 saturated heterocycles. The van der Waals surface area contributed by atoms with Crippen molar-refractivity contribution in [2.24, 2.45) is 0 Å². The second kappa shape index (κ2) is 4.62. The lowest BCUT2D eigenvalue weighted by Gasteiger charge is -2.28. The Kier molecular flexibility index (Phi) is 3.21. The molecule has 2 atom stereocenters. The maximum atomic E-state index is 5.35. The first-order valence-corrected chi connectivity index (χ1v) is 5.53. The topological polar surface area (TPSA) is 34.1 Å². The van der Waals surface area contributed by atoms with Gasteiger partial charge in [0.25, 0.3) is 0 Å². The van der Waals surface area contributed by atoms with Crippen molar-refractivity contribution in [3.63, 3.8) is 0 Å². The number of rotatable bonds is 2. The van der Waals surface area contributed by atoms with Crippen LogP contribution in [0.25, 0.3) is 0 Å². The van der Waals surface area contributed by atoms with Crippen LogP contribution in [0.2, 0.25) is 0 Å². The fraction of sp³-hybridized carbons (Fsp3) is 0.583. The van der Waals surface area contributed by atoms with Crippen molar-refractivity contribution in [1.29, 1.82) is 0 Å². The van der Waals surface area contributed by atoms with Gasteiger partial charge >= 0.3 is 0 Å². The van der Waals surface area contributed by atoms with E-state index in [2.05, 4.69) is 17.2 Å². The van der Waals surface area contributed by atoms with Crippen LogP contribution in [0.1, 0.15) is 31.4 Å². The van der Waals surface area contributed by atoms with Gasteiger partial charge in [0.2, 0.25) is 0 Å². The number of hydrogen-bond acceptors (Lipinski definition) is 3. The minimum atomic E-state index is 0.539. The molecule has 0 radical (unpaired) electrons. The molecule has 1 aromatic rings. The third kappa shape index (κ3) is 2.29. The zero-order valence-electron chi connectivity index (χ0n) is 9.36. The fourth-order valence-corrected chi connectivity index (χ4v) is 2.26. The van der Waals surface area contributed by atoms with Gasteiger partial charge in [-0.05, 0) is 38.4 Å². The molecule has 1 aliphatic rings. The lowest BCUT2D eigenvalue weighted by atomic mass is 9.89. The minimum Gasteiger partial charge on any atom is -0.495 e. The lowest BCUT2D eigenvalue weighted by Crippen LogP contribution is -2.35. The summed E-state index contributed by atoms with van der Waals surface area (Å²) >= 11 is 0. The van der Waals surface area contributed by atoms with Gasteiger partial charge in [-0.2, -0.15) is 0 Å². The van der Waals surface area contributed by atoms with Gasteiger partial charge in [-0.3, -0.25) is 4.98 Å². The SMILES string of the molecule is COc1cccnc1C1CCNC(C)C1. The predicted octanol–water partition coefficient (Wildman–Crippen LogP) is 1.95. The summed E-state index contributed by atoms with van der Waals surface area (Å²) < 4.78 is 5.35. The molecule has 2 rings (SSSR count). The van der Waals surface area contributed by atoms with Crippen LogP contribution in [0.5, 0.6) is 5.75 Å². The Hall–Kier alpha value is -1.09. The third-order valence-corrected chi connectivity index (χ3v) is 3.03. The number of pyridine rings is 1. The molecule has 0 saturated carbocycles. The Morgan fingerprint density at radius 2 is 2.40 bits per heavy atom. The van der Waals surface area contributed by atoms with Gasteiger partial charge in [-0.15, -0.1) is 0 Å². The largest absolute Gasteiger partial charge is 0.495 e. The van der Waals surface area contributed by atoms with E-state index in [1.165, 1.54) is 0 Å². The molecule has 1 N–H and O–H groups in total. The molecule has 0 spiro atoms. The molecule has 0 bridgehead atoms. The van der Waals surface area contributed by atoms with Crippen LogP contribution < -0.4 is 10.1 Å². The number of nitrogens with one attached hydrogen (secondary N) is 1. The molecule has 0 aliphatic carbocycles. The van der Waals surface area contributed by atoms with Crippen LogP contribution in [-0.2, 0) is 0 Å². The average Bonchev–Trinajstić information content (AvgIpc) is 2.29. The van der Waals surface area contributed by atoms with Crippen molar-refractivity contribution in [3.8, 4) is 5.75 Å². The molecule has 1 fully saturated rings. The summed E-state index contributed by atoms with van der Waals surface area (Å²) in [5.74, 6) is 1.47. The van der Waals surface area contributed by atoms with Gasteiger partial charge in [0.1, 0.15) is 5.75 Å². The van der Waals surface area contributed by atoms with E-state index < -0.39 is 0 Å². The zero-order valence-corrected chi connectivity index (χ0v) is 9.36. The molecule has 1 aromatic heterocycles. The van der Waals surface area contributed by atoms with E-state index in [0.29, 0.717) is 12.0 Å². The van der Waals surface area contributed by atoms with Gasteiger partial charge in [-0.1, -0.05) is 0 Å². The van der Waals surface area contributed by atoms with Crippen molar-refractivity contribution >= 4 is 0 Å². The summed E-state index contributed by atoms with van der Waals surface area (Å²) in [7, 11) is 1.71. The molecule has 3 nitrogen and oxygen atoms in total. The summed E-state index contributed by atoms with van der Waals surface area (Å²) in [6.07, 6.45) is 4.15. The van der Waals surface area contributed by atoms with Crippen molar-refractivity contribution < 1.29 is 4.74 Å². The molecule has 2 unspecified atom stereocenters. The van der Waals surface area contributed by atoms with Crippen LogP contribution in [-0.4, -0.2) is 24.7 Å². The highest BCUT2D eigenvalue weighted by atomic mass is 16.5. The quantitative estimate of drug-likeness (QED) is 0.803. The van der Waals surface area contributed by atoms with Gasteiger partial charge < -0.3 is 10.1 Å². The standard InChI is InChI=1S/C12H18N2O/c1-9-8-10(5-7-13-9)12-11(15-2)4-3-6-14-12/h3-4,6,9-10,13H,5,7-8H2,1-2H3. The highest BCUT2D eigenvalue weighted by Crippen LogP contribution is 2.31. The molecule has 3 heteroatoms. The van der Waals surface area contributed by atoms with E-state index in [1.54, 1.807) is 7.11 Å². The number of ether oxygens (including phenoxy) is 1. The first-order valence-electron chi connectivity index (χ1n) is 5.53. The van der Waals surface area contributed by atoms with Crippen molar-refractivity contribution in [2.45, 2.75) is 31.7 Å². The van der Waals surface area contributed by atoms with E-state index in [-0.39, 0.29) is 0 Å². The summed E-state index contributed by atoms with van der Waals surface area (Å²) in [6.45, 7) is 3.30. The van der Waals surface area contributed by atoms with Gasteiger partial charge in [0.15, 0.2) is 0 Å².